The monoisotopic (exact) mass is 400 g/mol. The molecule has 3 aliphatic heterocycles. The number of carbonyl (C=O) groups is 3. The normalized spacial score (nSPS) is 28.6. The number of aliphatic hydroxyl groups is 1. The molecule has 0 aliphatic carbocycles. The molecule has 2 fully saturated rings. The van der Waals surface area contributed by atoms with Gasteiger partial charge in [-0.25, -0.2) is 0 Å². The van der Waals surface area contributed by atoms with Crippen molar-refractivity contribution >= 4 is 17.6 Å². The zero-order valence-electron chi connectivity index (χ0n) is 16.8. The number of Topliss-reactive ketones (excluding diaryl/α,β-unsaturated/α-hetero) is 1. The molecule has 1 N–H and O–H groups in total. The highest BCUT2D eigenvalue weighted by molar-refractivity contribution is 6.00. The first-order valence-electron chi connectivity index (χ1n) is 10.5. The van der Waals surface area contributed by atoms with Gasteiger partial charge in [0.05, 0.1) is 18.1 Å². The van der Waals surface area contributed by atoms with Crippen LogP contribution in [0, 0.1) is 0 Å². The molecule has 0 radical (unpaired) electrons. The number of para-hydroxylation sites is 1. The van der Waals surface area contributed by atoms with E-state index in [1.54, 1.807) is 28.9 Å². The fourth-order valence-corrected chi connectivity index (χ4v) is 4.74. The lowest BCUT2D eigenvalue weighted by molar-refractivity contribution is -0.146. The number of rotatable bonds is 2. The third-order valence-electron chi connectivity index (χ3n) is 6.45. The average Bonchev–Trinajstić information content (AvgIpc) is 2.86. The van der Waals surface area contributed by atoms with Gasteiger partial charge in [-0.3, -0.25) is 14.4 Å². The number of carbonyl (C=O) groups excluding carboxylic acids is 3. The molecule has 7 nitrogen and oxygen atoms in total. The number of β-amino-alcohol motifs (C(OH)–C–C–N with tert-alkyl or cyclic N) is 1. The standard InChI is InChI=1S/C22H28N2O5/c1-15(21(28)23-11-4-5-16(25)14-23)24-12-10-22(9-8-20(24)27)13-18(26)17-6-2-3-7-19(17)29-22/h2-3,6-7,15-16,25H,4-5,8-14H2,1H3/t15-,16-,22-/m0/s1. The predicted octanol–water partition coefficient (Wildman–Crippen LogP) is 1.77. The second kappa shape index (κ2) is 7.78. The van der Waals surface area contributed by atoms with Crippen molar-refractivity contribution in [1.29, 1.82) is 0 Å². The summed E-state index contributed by atoms with van der Waals surface area (Å²) in [6, 6.07) is 6.64. The van der Waals surface area contributed by atoms with Crippen molar-refractivity contribution in [2.75, 3.05) is 19.6 Å². The number of likely N-dealkylation sites (tertiary alicyclic amines) is 2. The number of ketones is 1. The van der Waals surface area contributed by atoms with Gasteiger partial charge in [0.2, 0.25) is 11.8 Å². The van der Waals surface area contributed by atoms with E-state index < -0.39 is 17.7 Å². The van der Waals surface area contributed by atoms with Crippen molar-refractivity contribution in [3.8, 4) is 5.75 Å². The third kappa shape index (κ3) is 3.88. The Morgan fingerprint density at radius 3 is 2.83 bits per heavy atom. The summed E-state index contributed by atoms with van der Waals surface area (Å²) in [5, 5.41) is 9.87. The second-order valence-electron chi connectivity index (χ2n) is 8.47. The molecule has 1 aromatic carbocycles. The number of hydrogen-bond acceptors (Lipinski definition) is 5. The molecular weight excluding hydrogens is 372 g/mol. The highest BCUT2D eigenvalue weighted by Crippen LogP contribution is 2.39. The summed E-state index contributed by atoms with van der Waals surface area (Å²) in [6.45, 7) is 3.06. The van der Waals surface area contributed by atoms with Crippen LogP contribution in [0.1, 0.15) is 55.8 Å². The Balaban J connectivity index is 1.48. The fraction of sp³-hybridized carbons (Fsp3) is 0.591. The number of benzene rings is 1. The van der Waals surface area contributed by atoms with Gasteiger partial charge in [0, 0.05) is 32.5 Å². The lowest BCUT2D eigenvalue weighted by Crippen LogP contribution is -2.52. The van der Waals surface area contributed by atoms with E-state index in [0.29, 0.717) is 50.2 Å². The zero-order valence-corrected chi connectivity index (χ0v) is 16.8. The minimum absolute atomic E-state index is 0.0409. The summed E-state index contributed by atoms with van der Waals surface area (Å²) in [7, 11) is 0. The van der Waals surface area contributed by atoms with Gasteiger partial charge in [-0.05, 0) is 38.3 Å². The molecule has 1 aromatic rings. The van der Waals surface area contributed by atoms with Gasteiger partial charge in [0.15, 0.2) is 5.78 Å². The zero-order chi connectivity index (χ0) is 20.6. The van der Waals surface area contributed by atoms with Crippen molar-refractivity contribution < 1.29 is 24.2 Å². The molecule has 3 heterocycles. The Labute approximate surface area is 170 Å². The maximum Gasteiger partial charge on any atom is 0.245 e. The van der Waals surface area contributed by atoms with E-state index in [9.17, 15) is 19.5 Å². The summed E-state index contributed by atoms with van der Waals surface area (Å²) in [5.74, 6) is 0.407. The Hall–Kier alpha value is -2.41. The Bertz CT molecular complexity index is 825. The first-order valence-corrected chi connectivity index (χ1v) is 10.5. The van der Waals surface area contributed by atoms with Crippen LogP contribution in [0.5, 0.6) is 5.75 Å². The number of fused-ring (bicyclic) bond motifs is 1. The van der Waals surface area contributed by atoms with Crippen LogP contribution < -0.4 is 4.74 Å². The van der Waals surface area contributed by atoms with E-state index in [2.05, 4.69) is 0 Å². The molecule has 0 aromatic heterocycles. The van der Waals surface area contributed by atoms with Crippen LogP contribution >= 0.6 is 0 Å². The van der Waals surface area contributed by atoms with Gasteiger partial charge in [-0.15, -0.1) is 0 Å². The van der Waals surface area contributed by atoms with Crippen LogP contribution in [-0.4, -0.2) is 69.9 Å². The molecule has 0 bridgehead atoms. The van der Waals surface area contributed by atoms with Crippen molar-refractivity contribution in [3.63, 3.8) is 0 Å². The van der Waals surface area contributed by atoms with Gasteiger partial charge >= 0.3 is 0 Å². The molecule has 156 valence electrons. The topological polar surface area (TPSA) is 87.2 Å². The molecule has 2 saturated heterocycles. The van der Waals surface area contributed by atoms with Crippen molar-refractivity contribution in [2.45, 2.75) is 63.2 Å². The number of piperidine rings is 1. The van der Waals surface area contributed by atoms with Gasteiger partial charge in [-0.2, -0.15) is 0 Å². The van der Waals surface area contributed by atoms with Crippen LogP contribution in [0.15, 0.2) is 24.3 Å². The molecule has 7 heteroatoms. The quantitative estimate of drug-likeness (QED) is 0.818. The number of aliphatic hydroxyl groups excluding tert-OH is 1. The lowest BCUT2D eigenvalue weighted by Gasteiger charge is -2.38. The molecule has 29 heavy (non-hydrogen) atoms. The van der Waals surface area contributed by atoms with Crippen molar-refractivity contribution in [2.24, 2.45) is 0 Å². The molecular formula is C22H28N2O5. The summed E-state index contributed by atoms with van der Waals surface area (Å²) >= 11 is 0. The predicted molar refractivity (Wildman–Crippen MR) is 106 cm³/mol. The van der Waals surface area contributed by atoms with Crippen LogP contribution in [0.2, 0.25) is 0 Å². The van der Waals surface area contributed by atoms with Gasteiger partial charge in [0.25, 0.3) is 0 Å². The van der Waals surface area contributed by atoms with Gasteiger partial charge < -0.3 is 19.6 Å². The van der Waals surface area contributed by atoms with E-state index in [1.165, 1.54) is 0 Å². The van der Waals surface area contributed by atoms with E-state index in [0.717, 1.165) is 6.42 Å². The number of amides is 2. The molecule has 4 rings (SSSR count). The molecule has 1 spiro atoms. The largest absolute Gasteiger partial charge is 0.486 e. The SMILES string of the molecule is C[C@@H](C(=O)N1CCC[C@H](O)C1)N1CC[C@@]2(CCC1=O)CC(=O)c1ccccc1O2. The van der Waals surface area contributed by atoms with Crippen LogP contribution in [0.4, 0.5) is 0 Å². The smallest absolute Gasteiger partial charge is 0.245 e. The Kier molecular flexibility index (Phi) is 5.34. The molecule has 3 atom stereocenters. The molecule has 0 saturated carbocycles. The second-order valence-corrected chi connectivity index (χ2v) is 8.47. The van der Waals surface area contributed by atoms with Gasteiger partial charge in [0.1, 0.15) is 17.4 Å². The Morgan fingerprint density at radius 1 is 1.24 bits per heavy atom. The maximum atomic E-state index is 12.9. The van der Waals surface area contributed by atoms with Crippen molar-refractivity contribution in [3.05, 3.63) is 29.8 Å². The number of ether oxygens (including phenoxy) is 1. The molecule has 3 aliphatic rings. The lowest BCUT2D eigenvalue weighted by atomic mass is 9.84. The molecule has 0 unspecified atom stereocenters. The molecule has 2 amide bonds. The van der Waals surface area contributed by atoms with Crippen LogP contribution in [-0.2, 0) is 9.59 Å². The van der Waals surface area contributed by atoms with Crippen LogP contribution in [0.3, 0.4) is 0 Å². The van der Waals surface area contributed by atoms with E-state index in [4.69, 9.17) is 4.74 Å². The summed E-state index contributed by atoms with van der Waals surface area (Å²) < 4.78 is 6.25. The number of nitrogens with zero attached hydrogens (tertiary/aromatic N) is 2. The summed E-state index contributed by atoms with van der Waals surface area (Å²) in [4.78, 5) is 41.7. The van der Waals surface area contributed by atoms with Gasteiger partial charge in [-0.1, -0.05) is 12.1 Å². The first kappa shape index (κ1) is 19.9. The summed E-state index contributed by atoms with van der Waals surface area (Å²) in [5.41, 5.74) is -0.0994. The maximum absolute atomic E-state index is 12.9. The van der Waals surface area contributed by atoms with Crippen LogP contribution in [0.25, 0.3) is 0 Å². The fourth-order valence-electron chi connectivity index (χ4n) is 4.74. The Morgan fingerprint density at radius 2 is 2.03 bits per heavy atom. The minimum Gasteiger partial charge on any atom is -0.486 e. The highest BCUT2D eigenvalue weighted by atomic mass is 16.5. The van der Waals surface area contributed by atoms with Crippen molar-refractivity contribution in [1.82, 2.24) is 9.80 Å². The van der Waals surface area contributed by atoms with E-state index >= 15 is 0 Å². The van der Waals surface area contributed by atoms with E-state index in [-0.39, 0.29) is 30.4 Å². The average molecular weight is 400 g/mol. The van der Waals surface area contributed by atoms with E-state index in [1.807, 2.05) is 12.1 Å². The highest BCUT2D eigenvalue weighted by Gasteiger charge is 2.44. The minimum atomic E-state index is -0.695. The summed E-state index contributed by atoms with van der Waals surface area (Å²) in [6.07, 6.45) is 2.46. The first-order chi connectivity index (χ1) is 13.9. The third-order valence-corrected chi connectivity index (χ3v) is 6.45. The number of hydrogen-bond donors (Lipinski definition) is 1.